The van der Waals surface area contributed by atoms with Crippen molar-refractivity contribution in [1.82, 2.24) is 0 Å². The van der Waals surface area contributed by atoms with Gasteiger partial charge in [-0.3, -0.25) is 4.79 Å². The molecule has 0 bridgehead atoms. The van der Waals surface area contributed by atoms with Gasteiger partial charge in [0.2, 0.25) is 0 Å². The van der Waals surface area contributed by atoms with Crippen LogP contribution in [-0.2, 0) is 9.53 Å². The summed E-state index contributed by atoms with van der Waals surface area (Å²) in [5.74, 6) is -0.334. The van der Waals surface area contributed by atoms with Crippen LogP contribution in [0.25, 0.3) is 0 Å². The zero-order valence-electron chi connectivity index (χ0n) is 6.20. The average molecular weight is 144 g/mol. The molecule has 0 radical (unpaired) electrons. The van der Waals surface area contributed by atoms with Crippen LogP contribution in [0.5, 0.6) is 0 Å². The Morgan fingerprint density at radius 2 is 2.20 bits per heavy atom. The first kappa shape index (κ1) is 7.54. The molecule has 0 aliphatic carbocycles. The molecule has 1 N–H and O–H groups in total. The molecule has 1 rings (SSSR count). The molecular weight excluding hydrogens is 132 g/mol. The molecule has 1 saturated heterocycles. The number of aliphatic hydroxyl groups is 1. The van der Waals surface area contributed by atoms with E-state index in [0.717, 1.165) is 0 Å². The molecule has 1 heterocycles. The minimum absolute atomic E-state index is 0.00694. The van der Waals surface area contributed by atoms with Gasteiger partial charge in [0, 0.05) is 5.92 Å². The van der Waals surface area contributed by atoms with Crippen LogP contribution in [0.2, 0.25) is 0 Å². The molecule has 3 heteroatoms. The Morgan fingerprint density at radius 3 is 2.40 bits per heavy atom. The van der Waals surface area contributed by atoms with Crippen LogP contribution in [0, 0.1) is 11.8 Å². The summed E-state index contributed by atoms with van der Waals surface area (Å²) < 4.78 is 4.88. The van der Waals surface area contributed by atoms with Crippen molar-refractivity contribution >= 4 is 5.97 Å². The van der Waals surface area contributed by atoms with Gasteiger partial charge in [0.1, 0.15) is 6.10 Å². The number of carbonyl (C=O) groups is 1. The van der Waals surface area contributed by atoms with Gasteiger partial charge in [-0.2, -0.15) is 0 Å². The summed E-state index contributed by atoms with van der Waals surface area (Å²) in [5, 5.41) is 8.79. The van der Waals surface area contributed by atoms with Crippen molar-refractivity contribution in [2.24, 2.45) is 11.8 Å². The summed E-state index contributed by atoms with van der Waals surface area (Å²) >= 11 is 0. The van der Waals surface area contributed by atoms with Gasteiger partial charge in [-0.15, -0.1) is 0 Å². The number of cyclic esters (lactones) is 1. The van der Waals surface area contributed by atoms with E-state index < -0.39 is 0 Å². The molecule has 1 fully saturated rings. The summed E-state index contributed by atoms with van der Waals surface area (Å²) in [5.41, 5.74) is 0. The van der Waals surface area contributed by atoms with E-state index in [2.05, 4.69) is 0 Å². The minimum Gasteiger partial charge on any atom is -0.462 e. The fourth-order valence-corrected chi connectivity index (χ4v) is 1.27. The molecule has 3 atom stereocenters. The number of carbonyl (C=O) groups excluding carboxylic acids is 1. The monoisotopic (exact) mass is 144 g/mol. The van der Waals surface area contributed by atoms with Crippen LogP contribution in [0.15, 0.2) is 0 Å². The highest BCUT2D eigenvalue weighted by atomic mass is 16.6. The predicted octanol–water partition coefficient (Wildman–Crippen LogP) is 0.176. The molecule has 58 valence electrons. The molecule has 0 aromatic carbocycles. The summed E-state index contributed by atoms with van der Waals surface area (Å²) in [4.78, 5) is 10.8. The van der Waals surface area contributed by atoms with Gasteiger partial charge in [-0.25, -0.2) is 0 Å². The van der Waals surface area contributed by atoms with Gasteiger partial charge in [0.25, 0.3) is 0 Å². The van der Waals surface area contributed by atoms with Crippen LogP contribution < -0.4 is 0 Å². The molecular formula is C7H12O3. The molecule has 10 heavy (non-hydrogen) atoms. The Kier molecular flexibility index (Phi) is 1.94. The number of esters is 1. The highest BCUT2D eigenvalue weighted by molar-refractivity contribution is 5.74. The van der Waals surface area contributed by atoms with Gasteiger partial charge in [0.05, 0.1) is 12.5 Å². The van der Waals surface area contributed by atoms with E-state index in [1.165, 1.54) is 0 Å². The normalized spacial score (nSPS) is 39.9. The van der Waals surface area contributed by atoms with Crippen LogP contribution in [-0.4, -0.2) is 23.8 Å². The number of hydrogen-bond acceptors (Lipinski definition) is 3. The highest BCUT2D eigenvalue weighted by Gasteiger charge is 2.38. The summed E-state index contributed by atoms with van der Waals surface area (Å²) in [6.45, 7) is 3.63. The highest BCUT2D eigenvalue weighted by Crippen LogP contribution is 2.26. The van der Waals surface area contributed by atoms with Crippen molar-refractivity contribution in [3.63, 3.8) is 0 Å². The minimum atomic E-state index is -0.188. The summed E-state index contributed by atoms with van der Waals surface area (Å²) in [6.07, 6.45) is -0.118. The second-order valence-electron chi connectivity index (χ2n) is 2.78. The van der Waals surface area contributed by atoms with E-state index in [4.69, 9.17) is 9.84 Å². The molecule has 0 amide bonds. The first-order valence-corrected chi connectivity index (χ1v) is 3.48. The van der Waals surface area contributed by atoms with E-state index in [1.807, 2.05) is 6.92 Å². The van der Waals surface area contributed by atoms with Gasteiger partial charge in [-0.05, 0) is 6.92 Å². The molecule has 0 aromatic rings. The van der Waals surface area contributed by atoms with Crippen LogP contribution in [0.3, 0.4) is 0 Å². The maximum absolute atomic E-state index is 10.8. The second-order valence-corrected chi connectivity index (χ2v) is 2.78. The lowest BCUT2D eigenvalue weighted by Crippen LogP contribution is -2.20. The van der Waals surface area contributed by atoms with Crippen molar-refractivity contribution in [2.75, 3.05) is 6.61 Å². The SMILES string of the molecule is C[C@@H]1OC(=O)[C@H](C)[C@H]1CO. The van der Waals surface area contributed by atoms with E-state index >= 15 is 0 Å². The van der Waals surface area contributed by atoms with Crippen molar-refractivity contribution in [2.45, 2.75) is 20.0 Å². The van der Waals surface area contributed by atoms with Crippen LogP contribution in [0.1, 0.15) is 13.8 Å². The zero-order chi connectivity index (χ0) is 7.72. The molecule has 1 aliphatic heterocycles. The number of rotatable bonds is 1. The van der Waals surface area contributed by atoms with Crippen molar-refractivity contribution in [3.05, 3.63) is 0 Å². The standard InChI is InChI=1S/C7H12O3/c1-4-6(3-8)5(2)10-7(4)9/h4-6,8H,3H2,1-2H3/t4-,5+,6-/m1/s1. The fourth-order valence-electron chi connectivity index (χ4n) is 1.27. The van der Waals surface area contributed by atoms with E-state index in [9.17, 15) is 4.79 Å². The second kappa shape index (κ2) is 2.58. The third-order valence-electron chi connectivity index (χ3n) is 2.13. The average Bonchev–Trinajstić information content (AvgIpc) is 2.09. The Bertz CT molecular complexity index is 144. The first-order chi connectivity index (χ1) is 4.66. The van der Waals surface area contributed by atoms with Crippen molar-refractivity contribution < 1.29 is 14.6 Å². The number of aliphatic hydroxyl groups excluding tert-OH is 1. The molecule has 0 spiro atoms. The molecule has 0 unspecified atom stereocenters. The topological polar surface area (TPSA) is 46.5 Å². The lowest BCUT2D eigenvalue weighted by Gasteiger charge is -2.10. The lowest BCUT2D eigenvalue weighted by atomic mass is 9.94. The third kappa shape index (κ3) is 1.01. The molecule has 1 aliphatic rings. The molecule has 0 saturated carbocycles. The van der Waals surface area contributed by atoms with E-state index in [0.29, 0.717) is 0 Å². The Labute approximate surface area is 60.0 Å². The quantitative estimate of drug-likeness (QED) is 0.534. The molecule has 0 aromatic heterocycles. The van der Waals surface area contributed by atoms with Crippen LogP contribution in [0.4, 0.5) is 0 Å². The number of hydrogen-bond donors (Lipinski definition) is 1. The number of ether oxygens (including phenoxy) is 1. The maximum atomic E-state index is 10.8. The van der Waals surface area contributed by atoms with E-state index in [1.54, 1.807) is 6.92 Å². The fraction of sp³-hybridized carbons (Fsp3) is 0.857. The first-order valence-electron chi connectivity index (χ1n) is 3.48. The van der Waals surface area contributed by atoms with Crippen molar-refractivity contribution in [1.29, 1.82) is 0 Å². The zero-order valence-corrected chi connectivity index (χ0v) is 6.20. The Hall–Kier alpha value is -0.570. The van der Waals surface area contributed by atoms with Gasteiger partial charge in [-0.1, -0.05) is 6.92 Å². The van der Waals surface area contributed by atoms with E-state index in [-0.39, 0.29) is 30.5 Å². The van der Waals surface area contributed by atoms with Crippen molar-refractivity contribution in [3.8, 4) is 0 Å². The van der Waals surface area contributed by atoms with Gasteiger partial charge >= 0.3 is 5.97 Å². The Morgan fingerprint density at radius 1 is 1.60 bits per heavy atom. The van der Waals surface area contributed by atoms with Crippen LogP contribution >= 0.6 is 0 Å². The lowest BCUT2D eigenvalue weighted by molar-refractivity contribution is -0.143. The largest absolute Gasteiger partial charge is 0.462 e. The Balaban J connectivity index is 2.64. The molecule has 3 nitrogen and oxygen atoms in total. The maximum Gasteiger partial charge on any atom is 0.309 e. The third-order valence-corrected chi connectivity index (χ3v) is 2.13. The predicted molar refractivity (Wildman–Crippen MR) is 35.3 cm³/mol. The van der Waals surface area contributed by atoms with Gasteiger partial charge < -0.3 is 9.84 Å². The summed E-state index contributed by atoms with van der Waals surface area (Å²) in [6, 6.07) is 0. The smallest absolute Gasteiger partial charge is 0.309 e. The summed E-state index contributed by atoms with van der Waals surface area (Å²) in [7, 11) is 0. The van der Waals surface area contributed by atoms with Gasteiger partial charge in [0.15, 0.2) is 0 Å².